The molecule has 0 saturated carbocycles. The van der Waals surface area contributed by atoms with Gasteiger partial charge < -0.3 is 10.4 Å². The van der Waals surface area contributed by atoms with E-state index in [1.54, 1.807) is 0 Å². The fraction of sp³-hybridized carbons (Fsp3) is 0.167. The zero-order chi connectivity index (χ0) is 14.7. The molecule has 0 aliphatic rings. The lowest BCUT2D eigenvalue weighted by Gasteiger charge is -2.07. The average molecular weight is 312 g/mol. The first kappa shape index (κ1) is 14.4. The van der Waals surface area contributed by atoms with Gasteiger partial charge in [-0.1, -0.05) is 23.0 Å². The van der Waals surface area contributed by atoms with Gasteiger partial charge in [0.15, 0.2) is 0 Å². The molecule has 0 atom stereocenters. The second-order valence-electron chi connectivity index (χ2n) is 3.86. The van der Waals surface area contributed by atoms with Gasteiger partial charge in [0.2, 0.25) is 0 Å². The summed E-state index contributed by atoms with van der Waals surface area (Å²) in [4.78, 5) is 23.4. The Morgan fingerprint density at radius 1 is 1.45 bits per heavy atom. The van der Waals surface area contributed by atoms with Gasteiger partial charge in [0.25, 0.3) is 5.91 Å². The van der Waals surface area contributed by atoms with Crippen LogP contribution in [0.25, 0.3) is 0 Å². The molecule has 0 saturated heterocycles. The van der Waals surface area contributed by atoms with Crippen LogP contribution >= 0.6 is 23.1 Å². The number of halogens is 1. The second kappa shape index (κ2) is 5.98. The van der Waals surface area contributed by atoms with Crippen molar-refractivity contribution >= 4 is 40.7 Å². The summed E-state index contributed by atoms with van der Waals surface area (Å²) in [6.45, 7) is 1.87. The number of hydrogen-bond donors (Lipinski definition) is 2. The number of nitrogens with zero attached hydrogens (tertiary/aromatic N) is 2. The number of carboxylic acids is 1. The summed E-state index contributed by atoms with van der Waals surface area (Å²) < 4.78 is 3.73. The van der Waals surface area contributed by atoms with Gasteiger partial charge in [0.1, 0.15) is 4.88 Å². The molecule has 104 valence electrons. The van der Waals surface area contributed by atoms with Crippen molar-refractivity contribution in [3.63, 3.8) is 0 Å². The van der Waals surface area contributed by atoms with Gasteiger partial charge in [0, 0.05) is 0 Å². The van der Waals surface area contributed by atoms with E-state index in [0.29, 0.717) is 17.0 Å². The van der Waals surface area contributed by atoms with E-state index in [2.05, 4.69) is 14.9 Å². The Kier molecular flexibility index (Phi) is 4.31. The van der Waals surface area contributed by atoms with Crippen LogP contribution in [0, 0.1) is 0 Å². The fourth-order valence-electron chi connectivity index (χ4n) is 1.55. The van der Waals surface area contributed by atoms with Crippen LogP contribution in [0.1, 0.15) is 32.6 Å². The minimum Gasteiger partial charge on any atom is -0.478 e. The van der Waals surface area contributed by atoms with Crippen LogP contribution in [0.5, 0.6) is 0 Å². The van der Waals surface area contributed by atoms with E-state index in [-0.39, 0.29) is 16.3 Å². The van der Waals surface area contributed by atoms with Crippen molar-refractivity contribution in [2.45, 2.75) is 13.3 Å². The first-order valence-electron chi connectivity index (χ1n) is 5.68. The molecule has 0 radical (unpaired) electrons. The zero-order valence-corrected chi connectivity index (χ0v) is 12.0. The minimum atomic E-state index is -1.09. The number of carbonyl (C=O) groups excluding carboxylic acids is 1. The zero-order valence-electron chi connectivity index (χ0n) is 10.4. The Bertz CT molecular complexity index is 672. The van der Waals surface area contributed by atoms with E-state index in [1.807, 2.05) is 6.92 Å². The summed E-state index contributed by atoms with van der Waals surface area (Å²) in [5, 5.41) is 15.6. The summed E-state index contributed by atoms with van der Waals surface area (Å²) in [5.41, 5.74) is 0.882. The van der Waals surface area contributed by atoms with Crippen molar-refractivity contribution in [3.05, 3.63) is 39.4 Å². The van der Waals surface area contributed by atoms with E-state index in [4.69, 9.17) is 16.7 Å². The highest BCUT2D eigenvalue weighted by molar-refractivity contribution is 7.08. The average Bonchev–Trinajstić information content (AvgIpc) is 2.89. The lowest BCUT2D eigenvalue weighted by atomic mass is 10.2. The van der Waals surface area contributed by atoms with Gasteiger partial charge in [0.05, 0.1) is 22.0 Å². The number of anilines is 1. The van der Waals surface area contributed by atoms with Crippen molar-refractivity contribution in [2.75, 3.05) is 5.32 Å². The topological polar surface area (TPSA) is 92.2 Å². The maximum atomic E-state index is 12.1. The van der Waals surface area contributed by atoms with E-state index >= 15 is 0 Å². The smallest absolute Gasteiger partial charge is 0.335 e. The first-order valence-corrected chi connectivity index (χ1v) is 6.83. The quantitative estimate of drug-likeness (QED) is 0.905. The van der Waals surface area contributed by atoms with Crippen molar-refractivity contribution in [2.24, 2.45) is 0 Å². The van der Waals surface area contributed by atoms with Crippen LogP contribution < -0.4 is 5.32 Å². The van der Waals surface area contributed by atoms with Crippen LogP contribution in [0.4, 0.5) is 5.69 Å². The molecular formula is C12H10ClN3O3S. The van der Waals surface area contributed by atoms with Crippen LogP contribution in [0.2, 0.25) is 5.02 Å². The Hall–Kier alpha value is -1.99. The molecule has 6 nitrogen and oxygen atoms in total. The number of nitrogens with one attached hydrogen (secondary N) is 1. The molecule has 1 amide bonds. The van der Waals surface area contributed by atoms with Gasteiger partial charge >= 0.3 is 5.97 Å². The molecule has 0 spiro atoms. The number of aryl methyl sites for hydroxylation is 1. The summed E-state index contributed by atoms with van der Waals surface area (Å²) in [6.07, 6.45) is 0.585. The number of benzene rings is 1. The normalized spacial score (nSPS) is 10.3. The number of carboxylic acid groups (broad SMARTS) is 1. The maximum absolute atomic E-state index is 12.1. The predicted octanol–water partition coefficient (Wildman–Crippen LogP) is 2.70. The molecule has 0 aliphatic carbocycles. The van der Waals surface area contributed by atoms with Gasteiger partial charge in [-0.15, -0.1) is 5.10 Å². The van der Waals surface area contributed by atoms with Gasteiger partial charge in [-0.05, 0) is 36.2 Å². The molecule has 0 unspecified atom stereocenters. The third kappa shape index (κ3) is 2.94. The highest BCUT2D eigenvalue weighted by Crippen LogP contribution is 2.24. The lowest BCUT2D eigenvalue weighted by molar-refractivity contribution is 0.0696. The Morgan fingerprint density at radius 3 is 2.85 bits per heavy atom. The highest BCUT2D eigenvalue weighted by atomic mass is 35.5. The fourth-order valence-corrected chi connectivity index (χ4v) is 2.36. The molecule has 2 aromatic rings. The number of aromatic nitrogens is 2. The summed E-state index contributed by atoms with van der Waals surface area (Å²) in [7, 11) is 0. The Balaban J connectivity index is 2.28. The maximum Gasteiger partial charge on any atom is 0.335 e. The van der Waals surface area contributed by atoms with E-state index in [1.165, 1.54) is 18.2 Å². The van der Waals surface area contributed by atoms with Gasteiger partial charge in [-0.3, -0.25) is 4.79 Å². The molecular weight excluding hydrogens is 302 g/mol. The second-order valence-corrected chi connectivity index (χ2v) is 5.02. The number of carbonyl (C=O) groups is 2. The number of hydrogen-bond acceptors (Lipinski definition) is 5. The van der Waals surface area contributed by atoms with Crippen molar-refractivity contribution in [3.8, 4) is 0 Å². The van der Waals surface area contributed by atoms with Crippen LogP contribution in [0.15, 0.2) is 18.2 Å². The van der Waals surface area contributed by atoms with Crippen molar-refractivity contribution in [1.29, 1.82) is 0 Å². The van der Waals surface area contributed by atoms with Crippen LogP contribution in [-0.2, 0) is 6.42 Å². The predicted molar refractivity (Wildman–Crippen MR) is 75.7 cm³/mol. The van der Waals surface area contributed by atoms with Crippen molar-refractivity contribution < 1.29 is 14.7 Å². The standard InChI is InChI=1S/C12H10ClN3O3S/c1-2-8-10(20-16-15-8)11(17)14-9-5-6(12(18)19)3-4-7(9)13/h3-5H,2H2,1H3,(H,14,17)(H,18,19). The monoisotopic (exact) mass is 311 g/mol. The van der Waals surface area contributed by atoms with E-state index < -0.39 is 11.9 Å². The third-order valence-electron chi connectivity index (χ3n) is 2.56. The molecule has 1 heterocycles. The number of rotatable bonds is 4. The number of amides is 1. The summed E-state index contributed by atoms with van der Waals surface area (Å²) in [5.74, 6) is -1.49. The summed E-state index contributed by atoms with van der Waals surface area (Å²) >= 11 is 6.93. The molecule has 20 heavy (non-hydrogen) atoms. The van der Waals surface area contributed by atoms with Crippen LogP contribution in [0.3, 0.4) is 0 Å². The molecule has 2 N–H and O–H groups in total. The van der Waals surface area contributed by atoms with E-state index in [9.17, 15) is 9.59 Å². The Morgan fingerprint density at radius 2 is 2.20 bits per heavy atom. The largest absolute Gasteiger partial charge is 0.478 e. The molecule has 0 fully saturated rings. The highest BCUT2D eigenvalue weighted by Gasteiger charge is 2.17. The first-order chi connectivity index (χ1) is 9.52. The molecule has 1 aromatic carbocycles. The van der Waals surface area contributed by atoms with Gasteiger partial charge in [-0.2, -0.15) is 0 Å². The van der Waals surface area contributed by atoms with Gasteiger partial charge in [-0.25, -0.2) is 4.79 Å². The molecule has 1 aromatic heterocycles. The Labute approximate surface area is 123 Å². The molecule has 8 heteroatoms. The molecule has 0 aliphatic heterocycles. The van der Waals surface area contributed by atoms with Crippen molar-refractivity contribution in [1.82, 2.24) is 9.59 Å². The lowest BCUT2D eigenvalue weighted by Crippen LogP contribution is -2.13. The third-order valence-corrected chi connectivity index (χ3v) is 3.65. The minimum absolute atomic E-state index is 0.0443. The SMILES string of the molecule is CCc1nnsc1C(=O)Nc1cc(C(=O)O)ccc1Cl. The number of aromatic carboxylic acids is 1. The summed E-state index contributed by atoms with van der Waals surface area (Å²) in [6, 6.07) is 4.10. The van der Waals surface area contributed by atoms with Crippen LogP contribution in [-0.4, -0.2) is 26.6 Å². The molecule has 0 bridgehead atoms. The molecule has 2 rings (SSSR count). The van der Waals surface area contributed by atoms with E-state index in [0.717, 1.165) is 11.5 Å².